The topological polar surface area (TPSA) is 50.7 Å². The monoisotopic (exact) mass is 262 g/mol. The van der Waals surface area contributed by atoms with Crippen LogP contribution in [0.4, 0.5) is 5.69 Å². The van der Waals surface area contributed by atoms with Gasteiger partial charge in [0.05, 0.1) is 30.3 Å². The van der Waals surface area contributed by atoms with E-state index < -0.39 is 0 Å². The van der Waals surface area contributed by atoms with Gasteiger partial charge in [-0.15, -0.1) is 0 Å². The first kappa shape index (κ1) is 12.3. The van der Waals surface area contributed by atoms with Gasteiger partial charge in [-0.25, -0.2) is 9.97 Å². The Morgan fingerprint density at radius 1 is 0.800 bits per heavy atom. The summed E-state index contributed by atoms with van der Waals surface area (Å²) in [6, 6.07) is 15.8. The molecule has 0 atom stereocenters. The average Bonchev–Trinajstić information content (AvgIpc) is 2.55. The average molecular weight is 262 g/mol. The van der Waals surface area contributed by atoms with E-state index in [4.69, 9.17) is 0 Å². The maximum Gasteiger partial charge on any atom is 0.159 e. The van der Waals surface area contributed by atoms with E-state index in [0.717, 1.165) is 22.8 Å². The highest BCUT2D eigenvalue weighted by atomic mass is 15.0. The summed E-state index contributed by atoms with van der Waals surface area (Å²) < 4.78 is 0. The highest BCUT2D eigenvalue weighted by molar-refractivity contribution is 5.55. The van der Waals surface area contributed by atoms with Crippen LogP contribution >= 0.6 is 0 Å². The Morgan fingerprint density at radius 3 is 2.25 bits per heavy atom. The summed E-state index contributed by atoms with van der Waals surface area (Å²) >= 11 is 0. The van der Waals surface area contributed by atoms with Crippen molar-refractivity contribution in [2.45, 2.75) is 6.54 Å². The zero-order valence-electron chi connectivity index (χ0n) is 10.9. The molecule has 2 heterocycles. The smallest absolute Gasteiger partial charge is 0.159 e. The number of rotatable bonds is 4. The predicted octanol–water partition coefficient (Wildman–Crippen LogP) is 3.15. The molecule has 2 aromatic heterocycles. The number of hydrogen-bond donors (Lipinski definition) is 1. The molecule has 0 fully saturated rings. The Kier molecular flexibility index (Phi) is 3.64. The van der Waals surface area contributed by atoms with E-state index in [1.165, 1.54) is 0 Å². The number of pyridine rings is 1. The van der Waals surface area contributed by atoms with Crippen molar-refractivity contribution in [3.63, 3.8) is 0 Å². The zero-order valence-corrected chi connectivity index (χ0v) is 10.9. The third-order valence-corrected chi connectivity index (χ3v) is 2.88. The van der Waals surface area contributed by atoms with Crippen molar-refractivity contribution in [2.24, 2.45) is 0 Å². The van der Waals surface area contributed by atoms with Crippen molar-refractivity contribution < 1.29 is 0 Å². The van der Waals surface area contributed by atoms with Crippen molar-refractivity contribution >= 4 is 5.69 Å². The molecule has 0 saturated heterocycles. The fourth-order valence-corrected chi connectivity index (χ4v) is 1.85. The maximum atomic E-state index is 4.37. The van der Waals surface area contributed by atoms with Gasteiger partial charge >= 0.3 is 0 Å². The molecule has 98 valence electrons. The van der Waals surface area contributed by atoms with Gasteiger partial charge in [-0.05, 0) is 12.1 Å². The quantitative estimate of drug-likeness (QED) is 0.784. The first-order valence-corrected chi connectivity index (χ1v) is 6.43. The fourth-order valence-electron chi connectivity index (χ4n) is 1.85. The molecule has 0 aliphatic carbocycles. The van der Waals surface area contributed by atoms with Crippen LogP contribution in [0.1, 0.15) is 5.69 Å². The molecule has 3 aromatic rings. The van der Waals surface area contributed by atoms with Crippen LogP contribution < -0.4 is 5.32 Å². The Hall–Kier alpha value is -2.75. The molecular weight excluding hydrogens is 248 g/mol. The van der Waals surface area contributed by atoms with E-state index >= 15 is 0 Å². The Labute approximate surface area is 117 Å². The van der Waals surface area contributed by atoms with Crippen LogP contribution in [0.15, 0.2) is 67.1 Å². The summed E-state index contributed by atoms with van der Waals surface area (Å²) in [5.74, 6) is 0.731. The van der Waals surface area contributed by atoms with E-state index in [2.05, 4.69) is 20.3 Å². The molecule has 0 aliphatic rings. The molecule has 4 nitrogen and oxygen atoms in total. The second-order valence-corrected chi connectivity index (χ2v) is 4.34. The molecule has 1 N–H and O–H groups in total. The van der Waals surface area contributed by atoms with Crippen molar-refractivity contribution in [1.82, 2.24) is 15.0 Å². The van der Waals surface area contributed by atoms with Crippen molar-refractivity contribution in [3.05, 3.63) is 72.8 Å². The second-order valence-electron chi connectivity index (χ2n) is 4.34. The van der Waals surface area contributed by atoms with Gasteiger partial charge in [0.25, 0.3) is 0 Å². The molecule has 0 amide bonds. The lowest BCUT2D eigenvalue weighted by atomic mass is 10.2. The third kappa shape index (κ3) is 2.98. The lowest BCUT2D eigenvalue weighted by molar-refractivity contribution is 1.03. The van der Waals surface area contributed by atoms with Crippen LogP contribution in [-0.4, -0.2) is 15.0 Å². The van der Waals surface area contributed by atoms with Crippen molar-refractivity contribution in [1.29, 1.82) is 0 Å². The van der Waals surface area contributed by atoms with Gasteiger partial charge in [-0.3, -0.25) is 4.98 Å². The Bertz CT molecular complexity index is 651. The molecule has 0 bridgehead atoms. The van der Waals surface area contributed by atoms with Crippen molar-refractivity contribution in [2.75, 3.05) is 5.32 Å². The highest BCUT2D eigenvalue weighted by Crippen LogP contribution is 2.14. The molecular formula is C16H14N4. The number of aromatic nitrogens is 3. The zero-order chi connectivity index (χ0) is 13.6. The minimum Gasteiger partial charge on any atom is -0.377 e. The molecule has 1 aromatic carbocycles. The molecule has 3 rings (SSSR count). The van der Waals surface area contributed by atoms with E-state index in [9.17, 15) is 0 Å². The maximum absolute atomic E-state index is 4.37. The molecule has 0 radical (unpaired) electrons. The van der Waals surface area contributed by atoms with Crippen LogP contribution in [0, 0.1) is 0 Å². The summed E-state index contributed by atoms with van der Waals surface area (Å²) in [7, 11) is 0. The number of benzene rings is 1. The van der Waals surface area contributed by atoms with Gasteiger partial charge in [0.15, 0.2) is 5.82 Å². The van der Waals surface area contributed by atoms with Gasteiger partial charge in [0.2, 0.25) is 0 Å². The molecule has 0 unspecified atom stereocenters. The summed E-state index contributed by atoms with van der Waals surface area (Å²) in [6.07, 6.45) is 5.36. The summed E-state index contributed by atoms with van der Waals surface area (Å²) in [6.45, 7) is 0.662. The number of nitrogens with one attached hydrogen (secondary N) is 1. The van der Waals surface area contributed by atoms with Gasteiger partial charge < -0.3 is 5.32 Å². The Morgan fingerprint density at radius 2 is 1.55 bits per heavy atom. The van der Waals surface area contributed by atoms with Crippen LogP contribution in [0.5, 0.6) is 0 Å². The van der Waals surface area contributed by atoms with Crippen molar-refractivity contribution in [3.8, 4) is 11.4 Å². The number of hydrogen-bond acceptors (Lipinski definition) is 4. The standard InChI is InChI=1S/C16H14N4/c1-2-6-13(7-3-1)16-19-11-15(12-20-16)18-10-14-8-4-5-9-17-14/h1-9,11-12,18H,10H2. The lowest BCUT2D eigenvalue weighted by Gasteiger charge is -2.06. The SMILES string of the molecule is c1ccc(-c2ncc(NCc3ccccn3)cn2)cc1. The Balaban J connectivity index is 1.68. The van der Waals surface area contributed by atoms with E-state index in [0.29, 0.717) is 6.54 Å². The molecule has 0 spiro atoms. The molecule has 0 aliphatic heterocycles. The van der Waals surface area contributed by atoms with Crippen LogP contribution in [0.2, 0.25) is 0 Å². The van der Waals surface area contributed by atoms with Crippen LogP contribution in [0.25, 0.3) is 11.4 Å². The minimum absolute atomic E-state index is 0.662. The van der Waals surface area contributed by atoms with Gasteiger partial charge in [0.1, 0.15) is 0 Å². The minimum atomic E-state index is 0.662. The first-order chi connectivity index (χ1) is 9.92. The van der Waals surface area contributed by atoms with Gasteiger partial charge in [-0.1, -0.05) is 36.4 Å². The molecule has 4 heteroatoms. The van der Waals surface area contributed by atoms with Crippen LogP contribution in [0.3, 0.4) is 0 Å². The third-order valence-electron chi connectivity index (χ3n) is 2.88. The first-order valence-electron chi connectivity index (χ1n) is 6.43. The lowest BCUT2D eigenvalue weighted by Crippen LogP contribution is -2.02. The second kappa shape index (κ2) is 5.93. The number of anilines is 1. The van der Waals surface area contributed by atoms with Gasteiger partial charge in [0, 0.05) is 11.8 Å². The normalized spacial score (nSPS) is 10.2. The summed E-state index contributed by atoms with van der Waals surface area (Å²) in [5.41, 5.74) is 2.89. The summed E-state index contributed by atoms with van der Waals surface area (Å²) in [5, 5.41) is 3.25. The van der Waals surface area contributed by atoms with Crippen LogP contribution in [-0.2, 0) is 6.54 Å². The highest BCUT2D eigenvalue weighted by Gasteiger charge is 2.00. The number of nitrogens with zero attached hydrogens (tertiary/aromatic N) is 3. The molecule has 20 heavy (non-hydrogen) atoms. The largest absolute Gasteiger partial charge is 0.377 e. The van der Waals surface area contributed by atoms with E-state index in [-0.39, 0.29) is 0 Å². The molecule has 0 saturated carbocycles. The fraction of sp³-hybridized carbons (Fsp3) is 0.0625. The summed E-state index contributed by atoms with van der Waals surface area (Å²) in [4.78, 5) is 13.0. The van der Waals surface area contributed by atoms with Gasteiger partial charge in [-0.2, -0.15) is 0 Å². The van der Waals surface area contributed by atoms with E-state index in [1.54, 1.807) is 18.6 Å². The van der Waals surface area contributed by atoms with E-state index in [1.807, 2.05) is 48.5 Å². The predicted molar refractivity (Wildman–Crippen MR) is 79.0 cm³/mol.